The van der Waals surface area contributed by atoms with Gasteiger partial charge in [0.2, 0.25) is 21.8 Å². The molecule has 2 aliphatic rings. The van der Waals surface area contributed by atoms with Crippen molar-refractivity contribution in [3.8, 4) is 0 Å². The second kappa shape index (κ2) is 6.66. The number of nitrogens with one attached hydrogen (secondary N) is 1. The van der Waals surface area contributed by atoms with E-state index in [2.05, 4.69) is 5.32 Å². The van der Waals surface area contributed by atoms with Crippen molar-refractivity contribution in [2.45, 2.75) is 50.1 Å². The average Bonchev–Trinajstić information content (AvgIpc) is 3.08. The second-order valence-corrected chi connectivity index (χ2v) is 9.28. The molecule has 26 heavy (non-hydrogen) atoms. The van der Waals surface area contributed by atoms with E-state index >= 15 is 0 Å². The molecule has 0 bridgehead atoms. The number of carbonyl (C=O) groups excluding carboxylic acids is 2. The van der Waals surface area contributed by atoms with Gasteiger partial charge in [-0.3, -0.25) is 9.59 Å². The molecule has 2 amide bonds. The van der Waals surface area contributed by atoms with Gasteiger partial charge in [0.15, 0.2) is 0 Å². The third-order valence-electron chi connectivity index (χ3n) is 5.23. The van der Waals surface area contributed by atoms with Crippen LogP contribution in [0.1, 0.15) is 32.3 Å². The fraction of sp³-hybridized carbons (Fsp3) is 0.556. The Morgan fingerprint density at radius 1 is 1.19 bits per heavy atom. The van der Waals surface area contributed by atoms with Crippen molar-refractivity contribution in [3.63, 3.8) is 0 Å². The first-order valence-corrected chi connectivity index (χ1v) is 10.3. The minimum atomic E-state index is -3.75. The van der Waals surface area contributed by atoms with Crippen molar-refractivity contribution >= 4 is 21.8 Å². The van der Waals surface area contributed by atoms with Crippen molar-refractivity contribution in [3.05, 3.63) is 29.8 Å². The topological polar surface area (TPSA) is 86.8 Å². The molecule has 0 unspecified atom stereocenters. The van der Waals surface area contributed by atoms with E-state index in [-0.39, 0.29) is 16.7 Å². The highest BCUT2D eigenvalue weighted by molar-refractivity contribution is 7.89. The highest BCUT2D eigenvalue weighted by Gasteiger charge is 2.47. The van der Waals surface area contributed by atoms with Crippen molar-refractivity contribution < 1.29 is 18.0 Å². The number of carbonyl (C=O) groups is 2. The summed E-state index contributed by atoms with van der Waals surface area (Å²) in [6.07, 6.45) is 1.10. The normalized spacial score (nSPS) is 23.7. The Labute approximate surface area is 154 Å². The molecule has 1 atom stereocenters. The maximum absolute atomic E-state index is 13.1. The Balaban J connectivity index is 1.89. The molecule has 0 radical (unpaired) electrons. The number of hydrogen-bond donors (Lipinski definition) is 1. The van der Waals surface area contributed by atoms with E-state index in [1.54, 1.807) is 38.1 Å². The van der Waals surface area contributed by atoms with Crippen LogP contribution in [0.3, 0.4) is 0 Å². The summed E-state index contributed by atoms with van der Waals surface area (Å²) in [5.74, 6) is -0.513. The van der Waals surface area contributed by atoms with Crippen LogP contribution in [0.4, 0.5) is 0 Å². The number of piperazine rings is 1. The van der Waals surface area contributed by atoms with Gasteiger partial charge in [0.05, 0.1) is 4.90 Å². The maximum Gasteiger partial charge on any atom is 0.245 e. The van der Waals surface area contributed by atoms with Crippen molar-refractivity contribution in [2.75, 3.05) is 19.6 Å². The number of rotatable bonds is 3. The number of sulfonamides is 1. The zero-order valence-corrected chi connectivity index (χ0v) is 16.2. The van der Waals surface area contributed by atoms with E-state index in [0.717, 1.165) is 5.56 Å². The Kier molecular flexibility index (Phi) is 4.83. The third kappa shape index (κ3) is 3.12. The van der Waals surface area contributed by atoms with E-state index in [9.17, 15) is 18.0 Å². The van der Waals surface area contributed by atoms with Crippen LogP contribution in [0.25, 0.3) is 0 Å². The molecule has 2 saturated heterocycles. The van der Waals surface area contributed by atoms with Gasteiger partial charge in [-0.05, 0) is 45.7 Å². The predicted molar refractivity (Wildman–Crippen MR) is 96.9 cm³/mol. The lowest BCUT2D eigenvalue weighted by molar-refractivity contribution is -0.151. The summed E-state index contributed by atoms with van der Waals surface area (Å²) in [5, 5.41) is 2.76. The first kappa shape index (κ1) is 18.8. The molecule has 1 aromatic rings. The third-order valence-corrected chi connectivity index (χ3v) is 7.16. The lowest BCUT2D eigenvalue weighted by Gasteiger charge is -2.43. The van der Waals surface area contributed by atoms with Gasteiger partial charge in [0.25, 0.3) is 0 Å². The van der Waals surface area contributed by atoms with Gasteiger partial charge in [-0.25, -0.2) is 8.42 Å². The monoisotopic (exact) mass is 379 g/mol. The molecule has 1 aromatic carbocycles. The molecule has 2 fully saturated rings. The van der Waals surface area contributed by atoms with Crippen LogP contribution in [-0.4, -0.2) is 60.7 Å². The lowest BCUT2D eigenvalue weighted by Crippen LogP contribution is -2.65. The standard InChI is InChI=1S/C18H25N3O4S/c1-13-6-8-14(9-7-13)26(24,25)21-11-4-5-15(21)16(22)20-12-10-19-17(23)18(20,2)3/h6-9,15H,4-5,10-12H2,1-3H3,(H,19,23)/t15-/m1/s1. The van der Waals surface area contributed by atoms with Crippen LogP contribution in [0.15, 0.2) is 29.2 Å². The minimum Gasteiger partial charge on any atom is -0.352 e. The summed E-state index contributed by atoms with van der Waals surface area (Å²) in [5.41, 5.74) is -0.0175. The number of benzene rings is 1. The summed E-state index contributed by atoms with van der Waals surface area (Å²) in [6.45, 7) is 6.34. The SMILES string of the molecule is Cc1ccc(S(=O)(=O)N2CCC[C@@H]2C(=O)N2CCNC(=O)C2(C)C)cc1. The summed E-state index contributed by atoms with van der Waals surface area (Å²) in [6, 6.07) is 5.88. The van der Waals surface area contributed by atoms with Crippen LogP contribution in [-0.2, 0) is 19.6 Å². The van der Waals surface area contributed by atoms with E-state index in [1.807, 2.05) is 6.92 Å². The van der Waals surface area contributed by atoms with Crippen molar-refractivity contribution in [2.24, 2.45) is 0 Å². The molecular weight excluding hydrogens is 354 g/mol. The quantitative estimate of drug-likeness (QED) is 0.845. The summed E-state index contributed by atoms with van der Waals surface area (Å²) >= 11 is 0. The molecule has 1 N–H and O–H groups in total. The van der Waals surface area contributed by atoms with Crippen LogP contribution >= 0.6 is 0 Å². The molecule has 8 heteroatoms. The largest absolute Gasteiger partial charge is 0.352 e. The highest BCUT2D eigenvalue weighted by atomic mass is 32.2. The fourth-order valence-electron chi connectivity index (χ4n) is 3.59. The van der Waals surface area contributed by atoms with E-state index in [4.69, 9.17) is 0 Å². The maximum atomic E-state index is 13.1. The van der Waals surface area contributed by atoms with Gasteiger partial charge in [0, 0.05) is 19.6 Å². The Bertz CT molecular complexity index is 817. The van der Waals surface area contributed by atoms with Crippen molar-refractivity contribution in [1.82, 2.24) is 14.5 Å². The van der Waals surface area contributed by atoms with Gasteiger partial charge in [0.1, 0.15) is 11.6 Å². The summed E-state index contributed by atoms with van der Waals surface area (Å²) in [7, 11) is -3.75. The van der Waals surface area contributed by atoms with Crippen LogP contribution in [0.2, 0.25) is 0 Å². The summed E-state index contributed by atoms with van der Waals surface area (Å²) < 4.78 is 27.4. The van der Waals surface area contributed by atoms with Gasteiger partial charge in [-0.1, -0.05) is 17.7 Å². The zero-order chi connectivity index (χ0) is 19.1. The number of hydrogen-bond acceptors (Lipinski definition) is 4. The van der Waals surface area contributed by atoms with E-state index in [1.165, 1.54) is 9.21 Å². The molecule has 7 nitrogen and oxygen atoms in total. The van der Waals surface area contributed by atoms with E-state index < -0.39 is 21.6 Å². The molecule has 0 saturated carbocycles. The second-order valence-electron chi connectivity index (χ2n) is 7.39. The fourth-order valence-corrected chi connectivity index (χ4v) is 5.24. The van der Waals surface area contributed by atoms with Crippen LogP contribution < -0.4 is 5.32 Å². The van der Waals surface area contributed by atoms with Crippen LogP contribution in [0.5, 0.6) is 0 Å². The van der Waals surface area contributed by atoms with Gasteiger partial charge >= 0.3 is 0 Å². The lowest BCUT2D eigenvalue weighted by atomic mass is 9.97. The van der Waals surface area contributed by atoms with Gasteiger partial charge in [-0.15, -0.1) is 0 Å². The molecular formula is C18H25N3O4S. The molecule has 142 valence electrons. The molecule has 0 aliphatic carbocycles. The molecule has 3 rings (SSSR count). The molecule has 0 aromatic heterocycles. The Morgan fingerprint density at radius 2 is 1.85 bits per heavy atom. The predicted octanol–water partition coefficient (Wildman–Crippen LogP) is 0.885. The van der Waals surface area contributed by atoms with Gasteiger partial charge in [-0.2, -0.15) is 4.31 Å². The first-order valence-electron chi connectivity index (χ1n) is 8.84. The Morgan fingerprint density at radius 3 is 2.50 bits per heavy atom. The molecule has 0 spiro atoms. The Hall–Kier alpha value is -1.93. The highest BCUT2D eigenvalue weighted by Crippen LogP contribution is 2.30. The average molecular weight is 379 g/mol. The van der Waals surface area contributed by atoms with Gasteiger partial charge < -0.3 is 10.2 Å². The number of nitrogens with zero attached hydrogens (tertiary/aromatic N) is 2. The van der Waals surface area contributed by atoms with Crippen LogP contribution in [0, 0.1) is 6.92 Å². The van der Waals surface area contributed by atoms with Crippen molar-refractivity contribution in [1.29, 1.82) is 0 Å². The number of amides is 2. The smallest absolute Gasteiger partial charge is 0.245 e. The minimum absolute atomic E-state index is 0.193. The summed E-state index contributed by atoms with van der Waals surface area (Å²) in [4.78, 5) is 27.0. The molecule has 2 aliphatic heterocycles. The molecule has 2 heterocycles. The van der Waals surface area contributed by atoms with E-state index in [0.29, 0.717) is 32.5 Å². The zero-order valence-electron chi connectivity index (χ0n) is 15.4. The number of aryl methyl sites for hydroxylation is 1. The first-order chi connectivity index (χ1) is 12.2.